The summed E-state index contributed by atoms with van der Waals surface area (Å²) in [5.41, 5.74) is 0.733. The molecule has 11 heteroatoms. The molecule has 0 saturated carbocycles. The van der Waals surface area contributed by atoms with Crippen LogP contribution in [0.1, 0.15) is 6.92 Å². The highest BCUT2D eigenvalue weighted by molar-refractivity contribution is 8.00. The van der Waals surface area contributed by atoms with Gasteiger partial charge in [-0.1, -0.05) is 46.6 Å². The Labute approximate surface area is 168 Å². The minimum Gasteiger partial charge on any atom is -0.308 e. The summed E-state index contributed by atoms with van der Waals surface area (Å²) in [5, 5.41) is 15.5. The predicted molar refractivity (Wildman–Crippen MR) is 102 cm³/mol. The second kappa shape index (κ2) is 8.22. The molecule has 0 spiro atoms. The zero-order valence-corrected chi connectivity index (χ0v) is 16.3. The van der Waals surface area contributed by atoms with Crippen molar-refractivity contribution < 1.29 is 4.79 Å². The van der Waals surface area contributed by atoms with Crippen LogP contribution in [0.2, 0.25) is 15.1 Å². The van der Waals surface area contributed by atoms with Crippen molar-refractivity contribution >= 4 is 58.3 Å². The van der Waals surface area contributed by atoms with E-state index < -0.39 is 5.25 Å². The summed E-state index contributed by atoms with van der Waals surface area (Å²) in [5.74, 6) is -0.0526. The van der Waals surface area contributed by atoms with E-state index in [1.165, 1.54) is 28.7 Å². The van der Waals surface area contributed by atoms with Crippen molar-refractivity contribution in [2.24, 2.45) is 0 Å². The van der Waals surface area contributed by atoms with Crippen LogP contribution in [0.25, 0.3) is 5.69 Å². The lowest BCUT2D eigenvalue weighted by Crippen LogP contribution is -2.23. The first-order valence-electron chi connectivity index (χ1n) is 7.27. The third kappa shape index (κ3) is 4.45. The lowest BCUT2D eigenvalue weighted by molar-refractivity contribution is -0.115. The number of hydrogen-bond acceptors (Lipinski definition) is 6. The van der Waals surface area contributed by atoms with E-state index in [-0.39, 0.29) is 16.7 Å². The monoisotopic (exact) mass is 428 g/mol. The Kier molecular flexibility index (Phi) is 5.98. The Morgan fingerprint density at radius 1 is 1.19 bits per heavy atom. The summed E-state index contributed by atoms with van der Waals surface area (Å²) < 4.78 is 1.53. The van der Waals surface area contributed by atoms with Crippen LogP contribution in [0, 0.1) is 0 Å². The Bertz CT molecular complexity index is 933. The lowest BCUT2D eigenvalue weighted by Gasteiger charge is -2.12. The SMILES string of the molecule is CC(Sc1nnnn1-c1ccc(Cl)cc1)C(=O)Nc1ncc(Cl)cc1Cl. The van der Waals surface area contributed by atoms with Crippen LogP contribution >= 0.6 is 46.6 Å². The summed E-state index contributed by atoms with van der Waals surface area (Å²) in [7, 11) is 0. The van der Waals surface area contributed by atoms with Gasteiger partial charge in [0.1, 0.15) is 0 Å². The van der Waals surface area contributed by atoms with Gasteiger partial charge in [-0.15, -0.1) is 5.10 Å². The largest absolute Gasteiger partial charge is 0.308 e. The molecule has 1 aromatic carbocycles. The van der Waals surface area contributed by atoms with Gasteiger partial charge in [-0.2, -0.15) is 4.68 Å². The molecule has 3 aromatic rings. The number of rotatable bonds is 5. The Morgan fingerprint density at radius 3 is 2.62 bits per heavy atom. The number of amides is 1. The fourth-order valence-electron chi connectivity index (χ4n) is 1.93. The molecule has 1 unspecified atom stereocenters. The number of carbonyl (C=O) groups is 1. The van der Waals surface area contributed by atoms with Crippen molar-refractivity contribution in [3.05, 3.63) is 51.6 Å². The first kappa shape index (κ1) is 18.9. The van der Waals surface area contributed by atoms with E-state index in [4.69, 9.17) is 34.8 Å². The number of halogens is 3. The van der Waals surface area contributed by atoms with Crippen molar-refractivity contribution in [2.75, 3.05) is 5.32 Å². The summed E-state index contributed by atoms with van der Waals surface area (Å²) in [6, 6.07) is 8.54. The standard InChI is InChI=1S/C15H11Cl3N6OS/c1-8(14(25)20-13-12(18)6-10(17)7-19-13)26-15-21-22-23-24(15)11-4-2-9(16)3-5-11/h2-8H,1H3,(H,19,20,25). The highest BCUT2D eigenvalue weighted by Crippen LogP contribution is 2.26. The van der Waals surface area contributed by atoms with Gasteiger partial charge in [-0.05, 0) is 47.7 Å². The number of benzene rings is 1. The normalized spacial score (nSPS) is 12.0. The maximum absolute atomic E-state index is 12.4. The van der Waals surface area contributed by atoms with Crippen molar-refractivity contribution in [2.45, 2.75) is 17.3 Å². The van der Waals surface area contributed by atoms with E-state index in [1.54, 1.807) is 31.2 Å². The quantitative estimate of drug-likeness (QED) is 0.614. The Morgan fingerprint density at radius 2 is 1.92 bits per heavy atom. The van der Waals surface area contributed by atoms with E-state index in [0.29, 0.717) is 15.2 Å². The van der Waals surface area contributed by atoms with Crippen LogP contribution < -0.4 is 5.32 Å². The van der Waals surface area contributed by atoms with Gasteiger partial charge in [-0.3, -0.25) is 4.79 Å². The third-order valence-electron chi connectivity index (χ3n) is 3.21. The number of carbonyl (C=O) groups excluding carboxylic acids is 1. The highest BCUT2D eigenvalue weighted by atomic mass is 35.5. The number of aromatic nitrogens is 5. The predicted octanol–water partition coefficient (Wildman–Crippen LogP) is 4.14. The fraction of sp³-hybridized carbons (Fsp3) is 0.133. The van der Waals surface area contributed by atoms with Gasteiger partial charge >= 0.3 is 0 Å². The summed E-state index contributed by atoms with van der Waals surface area (Å²) >= 11 is 18.9. The molecule has 0 fully saturated rings. The number of thioether (sulfide) groups is 1. The van der Waals surface area contributed by atoms with Gasteiger partial charge in [-0.25, -0.2) is 4.98 Å². The number of nitrogens with zero attached hydrogens (tertiary/aromatic N) is 5. The van der Waals surface area contributed by atoms with E-state index in [2.05, 4.69) is 25.8 Å². The zero-order chi connectivity index (χ0) is 18.7. The summed E-state index contributed by atoms with van der Waals surface area (Å²) in [4.78, 5) is 16.4. The van der Waals surface area contributed by atoms with Gasteiger partial charge in [0.2, 0.25) is 11.1 Å². The summed E-state index contributed by atoms with van der Waals surface area (Å²) in [6.45, 7) is 1.73. The van der Waals surface area contributed by atoms with Crippen LogP contribution in [0.3, 0.4) is 0 Å². The smallest absolute Gasteiger partial charge is 0.238 e. The molecule has 1 N–H and O–H groups in total. The van der Waals surface area contributed by atoms with E-state index in [1.807, 2.05) is 0 Å². The Hall–Kier alpha value is -1.87. The van der Waals surface area contributed by atoms with E-state index in [9.17, 15) is 4.79 Å². The van der Waals surface area contributed by atoms with Crippen molar-refractivity contribution in [3.8, 4) is 5.69 Å². The van der Waals surface area contributed by atoms with Gasteiger partial charge in [0.15, 0.2) is 5.82 Å². The molecule has 0 aliphatic heterocycles. The molecule has 1 amide bonds. The van der Waals surface area contributed by atoms with E-state index in [0.717, 1.165) is 5.69 Å². The lowest BCUT2D eigenvalue weighted by atomic mass is 10.3. The first-order valence-corrected chi connectivity index (χ1v) is 9.28. The van der Waals surface area contributed by atoms with Crippen LogP contribution in [-0.4, -0.2) is 36.3 Å². The molecule has 0 radical (unpaired) electrons. The molecule has 7 nitrogen and oxygen atoms in total. The number of hydrogen-bond donors (Lipinski definition) is 1. The van der Waals surface area contributed by atoms with Crippen molar-refractivity contribution in [3.63, 3.8) is 0 Å². The number of nitrogens with one attached hydrogen (secondary N) is 1. The number of pyridine rings is 1. The molecule has 0 saturated heterocycles. The maximum atomic E-state index is 12.4. The van der Waals surface area contributed by atoms with Gasteiger partial charge in [0.25, 0.3) is 0 Å². The molecule has 0 aliphatic carbocycles. The topological polar surface area (TPSA) is 85.6 Å². The number of tetrazole rings is 1. The minimum atomic E-state index is -0.499. The molecule has 0 aliphatic rings. The average molecular weight is 430 g/mol. The number of anilines is 1. The molecular weight excluding hydrogens is 419 g/mol. The molecule has 2 heterocycles. The van der Waals surface area contributed by atoms with Crippen LogP contribution in [-0.2, 0) is 4.79 Å². The summed E-state index contributed by atoms with van der Waals surface area (Å²) in [6.07, 6.45) is 1.40. The fourth-order valence-corrected chi connectivity index (χ4v) is 3.29. The van der Waals surface area contributed by atoms with Gasteiger partial charge in [0.05, 0.1) is 21.0 Å². The van der Waals surface area contributed by atoms with E-state index >= 15 is 0 Å². The van der Waals surface area contributed by atoms with Crippen molar-refractivity contribution in [1.29, 1.82) is 0 Å². The highest BCUT2D eigenvalue weighted by Gasteiger charge is 2.20. The molecule has 1 atom stereocenters. The second-order valence-corrected chi connectivity index (χ2v) is 7.67. The molecule has 2 aromatic heterocycles. The Balaban J connectivity index is 1.72. The first-order chi connectivity index (χ1) is 12.4. The molecular formula is C15H11Cl3N6OS. The molecule has 26 heavy (non-hydrogen) atoms. The third-order valence-corrected chi connectivity index (χ3v) is 4.99. The van der Waals surface area contributed by atoms with Crippen LogP contribution in [0.5, 0.6) is 0 Å². The average Bonchev–Trinajstić information content (AvgIpc) is 3.06. The van der Waals surface area contributed by atoms with Crippen LogP contribution in [0.15, 0.2) is 41.7 Å². The van der Waals surface area contributed by atoms with Crippen LogP contribution in [0.4, 0.5) is 5.82 Å². The molecule has 3 rings (SSSR count). The van der Waals surface area contributed by atoms with Crippen molar-refractivity contribution in [1.82, 2.24) is 25.2 Å². The van der Waals surface area contributed by atoms with Gasteiger partial charge < -0.3 is 5.32 Å². The molecule has 0 bridgehead atoms. The maximum Gasteiger partial charge on any atom is 0.238 e. The second-order valence-electron chi connectivity index (χ2n) is 5.08. The minimum absolute atomic E-state index is 0.241. The zero-order valence-electron chi connectivity index (χ0n) is 13.2. The van der Waals surface area contributed by atoms with Gasteiger partial charge in [0, 0.05) is 11.2 Å². The molecule has 134 valence electrons.